The standard InChI is InChI=1S/C49H93NO3/c1-3-5-7-9-11-13-15-16-17-18-19-20-21-22-23-24-25-26-27-28-29-30-31-32-33-35-37-39-41-43-45-49(53)50-47(46-51)48(52)44-42-40-38-36-34-14-12-10-8-6-4-2/h22-23,34,36,42,44,47-48,51-52H,3-21,24-33,35,37-41,43,45-46H2,1-2H3,(H,50,53)/b23-22-,36-34+,44-42+. The van der Waals surface area contributed by atoms with Crippen molar-refractivity contribution in [3.63, 3.8) is 0 Å². The van der Waals surface area contributed by atoms with E-state index >= 15 is 0 Å². The van der Waals surface area contributed by atoms with E-state index in [1.165, 1.54) is 199 Å². The molecule has 4 nitrogen and oxygen atoms in total. The number of nitrogens with one attached hydrogen (secondary N) is 1. The van der Waals surface area contributed by atoms with Gasteiger partial charge in [-0.05, 0) is 57.8 Å². The van der Waals surface area contributed by atoms with Crippen molar-refractivity contribution in [2.75, 3.05) is 6.61 Å². The van der Waals surface area contributed by atoms with Crippen molar-refractivity contribution in [3.05, 3.63) is 36.5 Å². The van der Waals surface area contributed by atoms with Gasteiger partial charge in [0.2, 0.25) is 5.91 Å². The summed E-state index contributed by atoms with van der Waals surface area (Å²) >= 11 is 0. The monoisotopic (exact) mass is 744 g/mol. The quantitative estimate of drug-likeness (QED) is 0.0430. The minimum atomic E-state index is -0.859. The fourth-order valence-corrected chi connectivity index (χ4v) is 7.19. The molecule has 0 heterocycles. The zero-order chi connectivity index (χ0) is 38.6. The summed E-state index contributed by atoms with van der Waals surface area (Å²) in [6.07, 6.45) is 60.0. The number of unbranched alkanes of at least 4 members (excludes halogenated alkanes) is 32. The summed E-state index contributed by atoms with van der Waals surface area (Å²) in [4.78, 5) is 12.4. The number of carbonyl (C=O) groups excluding carboxylic acids is 1. The number of aliphatic hydroxyl groups is 2. The van der Waals surface area contributed by atoms with Crippen LogP contribution < -0.4 is 5.32 Å². The molecule has 0 aromatic rings. The molecule has 312 valence electrons. The zero-order valence-electron chi connectivity index (χ0n) is 35.8. The highest BCUT2D eigenvalue weighted by Crippen LogP contribution is 2.15. The van der Waals surface area contributed by atoms with Gasteiger partial charge in [-0.15, -0.1) is 0 Å². The Kier molecular flexibility index (Phi) is 43.8. The van der Waals surface area contributed by atoms with Crippen molar-refractivity contribution in [3.8, 4) is 0 Å². The van der Waals surface area contributed by atoms with E-state index in [-0.39, 0.29) is 12.5 Å². The summed E-state index contributed by atoms with van der Waals surface area (Å²) in [5, 5.41) is 22.9. The molecule has 0 aliphatic rings. The van der Waals surface area contributed by atoms with Crippen LogP contribution >= 0.6 is 0 Å². The molecule has 0 aromatic heterocycles. The summed E-state index contributed by atoms with van der Waals surface area (Å²) in [7, 11) is 0. The zero-order valence-corrected chi connectivity index (χ0v) is 35.8. The van der Waals surface area contributed by atoms with E-state index in [0.717, 1.165) is 32.1 Å². The number of carbonyl (C=O) groups is 1. The Hall–Kier alpha value is -1.39. The number of hydrogen-bond donors (Lipinski definition) is 3. The van der Waals surface area contributed by atoms with Crippen molar-refractivity contribution in [2.45, 2.75) is 264 Å². The summed E-state index contributed by atoms with van der Waals surface area (Å²) in [6, 6.07) is -0.636. The lowest BCUT2D eigenvalue weighted by atomic mass is 10.0. The minimum Gasteiger partial charge on any atom is -0.394 e. The van der Waals surface area contributed by atoms with E-state index in [0.29, 0.717) is 6.42 Å². The van der Waals surface area contributed by atoms with Gasteiger partial charge in [-0.2, -0.15) is 0 Å². The fourth-order valence-electron chi connectivity index (χ4n) is 7.19. The van der Waals surface area contributed by atoms with E-state index in [4.69, 9.17) is 0 Å². The van der Waals surface area contributed by atoms with E-state index in [1.54, 1.807) is 6.08 Å². The van der Waals surface area contributed by atoms with Crippen LogP contribution in [0, 0.1) is 0 Å². The third kappa shape index (κ3) is 41.6. The average Bonchev–Trinajstić information content (AvgIpc) is 3.16. The lowest BCUT2D eigenvalue weighted by Crippen LogP contribution is -2.45. The molecule has 3 N–H and O–H groups in total. The molecule has 0 bridgehead atoms. The first kappa shape index (κ1) is 51.6. The highest BCUT2D eigenvalue weighted by atomic mass is 16.3. The minimum absolute atomic E-state index is 0.0737. The number of rotatable bonds is 43. The molecule has 0 rings (SSSR count). The first-order valence-corrected chi connectivity index (χ1v) is 23.7. The number of amides is 1. The molecular formula is C49H93NO3. The van der Waals surface area contributed by atoms with Crippen LogP contribution in [0.15, 0.2) is 36.5 Å². The SMILES string of the molecule is CCCCCCC/C=C/CC/C=C/C(O)C(CO)NC(=O)CCCCCCCCCCCCCCCC/C=C\CCCCCCCCCCCCCC. The van der Waals surface area contributed by atoms with Crippen LogP contribution in [-0.4, -0.2) is 34.9 Å². The van der Waals surface area contributed by atoms with E-state index < -0.39 is 12.1 Å². The third-order valence-corrected chi connectivity index (χ3v) is 10.8. The van der Waals surface area contributed by atoms with Gasteiger partial charge in [0.15, 0.2) is 0 Å². The molecule has 4 heteroatoms. The van der Waals surface area contributed by atoms with Crippen LogP contribution in [0.5, 0.6) is 0 Å². The van der Waals surface area contributed by atoms with Gasteiger partial charge in [0, 0.05) is 6.42 Å². The maximum Gasteiger partial charge on any atom is 0.220 e. The molecule has 0 aliphatic carbocycles. The Morgan fingerprint density at radius 1 is 0.434 bits per heavy atom. The molecule has 0 aromatic carbocycles. The topological polar surface area (TPSA) is 69.6 Å². The first-order chi connectivity index (χ1) is 26.2. The molecule has 0 aliphatic heterocycles. The molecule has 0 saturated carbocycles. The van der Waals surface area contributed by atoms with Crippen molar-refractivity contribution in [2.24, 2.45) is 0 Å². The molecule has 0 radical (unpaired) electrons. The Morgan fingerprint density at radius 2 is 0.736 bits per heavy atom. The summed E-state index contributed by atoms with van der Waals surface area (Å²) in [5.41, 5.74) is 0. The number of hydrogen-bond acceptors (Lipinski definition) is 3. The molecule has 0 saturated heterocycles. The predicted octanol–water partition coefficient (Wildman–Crippen LogP) is 15.0. The van der Waals surface area contributed by atoms with Crippen LogP contribution in [0.25, 0.3) is 0 Å². The van der Waals surface area contributed by atoms with Crippen LogP contribution in [0.4, 0.5) is 0 Å². The second-order valence-corrected chi connectivity index (χ2v) is 16.2. The lowest BCUT2D eigenvalue weighted by Gasteiger charge is -2.19. The van der Waals surface area contributed by atoms with E-state index in [2.05, 4.69) is 43.5 Å². The number of aliphatic hydroxyl groups excluding tert-OH is 2. The van der Waals surface area contributed by atoms with Gasteiger partial charge in [-0.1, -0.05) is 224 Å². The predicted molar refractivity (Wildman–Crippen MR) is 235 cm³/mol. The van der Waals surface area contributed by atoms with Crippen molar-refractivity contribution >= 4 is 5.91 Å². The van der Waals surface area contributed by atoms with Crippen LogP contribution in [0.2, 0.25) is 0 Å². The third-order valence-electron chi connectivity index (χ3n) is 10.8. The number of allylic oxidation sites excluding steroid dienone is 5. The summed E-state index contributed by atoms with van der Waals surface area (Å²) in [6.45, 7) is 4.28. The van der Waals surface area contributed by atoms with Gasteiger partial charge in [0.05, 0.1) is 18.8 Å². The molecule has 2 unspecified atom stereocenters. The maximum absolute atomic E-state index is 12.4. The van der Waals surface area contributed by atoms with Crippen molar-refractivity contribution in [1.29, 1.82) is 0 Å². The largest absolute Gasteiger partial charge is 0.394 e. The molecule has 0 spiro atoms. The molecular weight excluding hydrogens is 651 g/mol. The Morgan fingerprint density at radius 3 is 1.09 bits per heavy atom. The molecule has 0 fully saturated rings. The lowest BCUT2D eigenvalue weighted by molar-refractivity contribution is -0.123. The van der Waals surface area contributed by atoms with Crippen molar-refractivity contribution in [1.82, 2.24) is 5.32 Å². The average molecular weight is 744 g/mol. The second-order valence-electron chi connectivity index (χ2n) is 16.2. The normalized spacial score (nSPS) is 13.2. The van der Waals surface area contributed by atoms with Crippen LogP contribution in [0.3, 0.4) is 0 Å². The maximum atomic E-state index is 12.4. The Bertz CT molecular complexity index is 806. The second kappa shape index (κ2) is 45.0. The van der Waals surface area contributed by atoms with Gasteiger partial charge in [-0.3, -0.25) is 4.79 Å². The Balaban J connectivity index is 3.46. The highest BCUT2D eigenvalue weighted by molar-refractivity contribution is 5.76. The summed E-state index contributed by atoms with van der Waals surface area (Å²) in [5.74, 6) is -0.0737. The van der Waals surface area contributed by atoms with Gasteiger partial charge in [0.1, 0.15) is 0 Å². The summed E-state index contributed by atoms with van der Waals surface area (Å²) < 4.78 is 0. The first-order valence-electron chi connectivity index (χ1n) is 23.7. The highest BCUT2D eigenvalue weighted by Gasteiger charge is 2.17. The molecule has 1 amide bonds. The molecule has 2 atom stereocenters. The van der Waals surface area contributed by atoms with Gasteiger partial charge < -0.3 is 15.5 Å². The molecule has 53 heavy (non-hydrogen) atoms. The van der Waals surface area contributed by atoms with E-state index in [1.807, 2.05) is 6.08 Å². The van der Waals surface area contributed by atoms with Gasteiger partial charge in [-0.25, -0.2) is 0 Å². The van der Waals surface area contributed by atoms with Crippen molar-refractivity contribution < 1.29 is 15.0 Å². The fraction of sp³-hybridized carbons (Fsp3) is 0.857. The van der Waals surface area contributed by atoms with Crippen LogP contribution in [-0.2, 0) is 4.79 Å². The smallest absolute Gasteiger partial charge is 0.220 e. The van der Waals surface area contributed by atoms with Gasteiger partial charge >= 0.3 is 0 Å². The van der Waals surface area contributed by atoms with E-state index in [9.17, 15) is 15.0 Å². The van der Waals surface area contributed by atoms with Crippen LogP contribution in [0.1, 0.15) is 251 Å². The van der Waals surface area contributed by atoms with Gasteiger partial charge in [0.25, 0.3) is 0 Å². The Labute approximate surface area is 331 Å².